The minimum atomic E-state index is 0.125. The number of hydrogen-bond acceptors (Lipinski definition) is 4. The standard InChI is InChI=1S/C14H15Cl2N3O/c1-8-3-2-4-17-12(8)14-18-13(19-20-14)9-5-10(15)7-11(16)6-9/h5-8,12,17H,2-4H2,1H3. The Morgan fingerprint density at radius 2 is 2.00 bits per heavy atom. The van der Waals surface area contributed by atoms with Gasteiger partial charge in [0, 0.05) is 15.6 Å². The molecule has 2 heterocycles. The molecule has 0 spiro atoms. The van der Waals surface area contributed by atoms with Crippen molar-refractivity contribution in [2.24, 2.45) is 5.92 Å². The third kappa shape index (κ3) is 2.82. The molecule has 20 heavy (non-hydrogen) atoms. The van der Waals surface area contributed by atoms with E-state index in [4.69, 9.17) is 27.7 Å². The molecule has 1 aliphatic heterocycles. The Balaban J connectivity index is 1.89. The van der Waals surface area contributed by atoms with Gasteiger partial charge >= 0.3 is 0 Å². The van der Waals surface area contributed by atoms with E-state index in [0.29, 0.717) is 27.7 Å². The molecule has 1 aromatic carbocycles. The molecule has 0 aliphatic carbocycles. The molecule has 0 radical (unpaired) electrons. The zero-order valence-electron chi connectivity index (χ0n) is 11.1. The molecule has 106 valence electrons. The van der Waals surface area contributed by atoms with Crippen molar-refractivity contribution < 1.29 is 4.52 Å². The molecule has 0 saturated carbocycles. The SMILES string of the molecule is CC1CCCNC1c1nc(-c2cc(Cl)cc(Cl)c2)no1. The van der Waals surface area contributed by atoms with Gasteiger partial charge in [-0.1, -0.05) is 35.3 Å². The molecule has 1 N–H and O–H groups in total. The van der Waals surface area contributed by atoms with Crippen LogP contribution in [0, 0.1) is 5.92 Å². The maximum atomic E-state index is 6.00. The maximum absolute atomic E-state index is 6.00. The summed E-state index contributed by atoms with van der Waals surface area (Å²) in [6.45, 7) is 3.17. The second kappa shape index (κ2) is 5.72. The zero-order chi connectivity index (χ0) is 14.1. The molecule has 2 aromatic rings. The van der Waals surface area contributed by atoms with E-state index in [1.807, 2.05) is 0 Å². The number of benzene rings is 1. The smallest absolute Gasteiger partial charge is 0.244 e. The van der Waals surface area contributed by atoms with Gasteiger partial charge in [0.15, 0.2) is 0 Å². The molecule has 1 saturated heterocycles. The van der Waals surface area contributed by atoms with Crippen molar-refractivity contribution in [2.75, 3.05) is 6.54 Å². The van der Waals surface area contributed by atoms with Gasteiger partial charge in [0.2, 0.25) is 11.7 Å². The summed E-state index contributed by atoms with van der Waals surface area (Å²) in [5.74, 6) is 1.63. The van der Waals surface area contributed by atoms with E-state index in [9.17, 15) is 0 Å². The highest BCUT2D eigenvalue weighted by atomic mass is 35.5. The Morgan fingerprint density at radius 3 is 2.70 bits per heavy atom. The Morgan fingerprint density at radius 1 is 1.25 bits per heavy atom. The van der Waals surface area contributed by atoms with Crippen LogP contribution in [-0.2, 0) is 0 Å². The summed E-state index contributed by atoms with van der Waals surface area (Å²) in [6.07, 6.45) is 2.35. The quantitative estimate of drug-likeness (QED) is 0.907. The van der Waals surface area contributed by atoms with Gasteiger partial charge in [-0.25, -0.2) is 0 Å². The van der Waals surface area contributed by atoms with Crippen molar-refractivity contribution in [3.63, 3.8) is 0 Å². The summed E-state index contributed by atoms with van der Waals surface area (Å²) < 4.78 is 5.40. The lowest BCUT2D eigenvalue weighted by Crippen LogP contribution is -2.33. The number of nitrogens with zero attached hydrogens (tertiary/aromatic N) is 2. The zero-order valence-corrected chi connectivity index (χ0v) is 12.6. The van der Waals surface area contributed by atoms with Crippen molar-refractivity contribution >= 4 is 23.2 Å². The minimum Gasteiger partial charge on any atom is -0.337 e. The van der Waals surface area contributed by atoms with Crippen molar-refractivity contribution in [1.29, 1.82) is 0 Å². The van der Waals surface area contributed by atoms with E-state index in [0.717, 1.165) is 12.1 Å². The van der Waals surface area contributed by atoms with Gasteiger partial charge in [0.05, 0.1) is 6.04 Å². The Labute approximate surface area is 127 Å². The van der Waals surface area contributed by atoms with Crippen LogP contribution in [0.25, 0.3) is 11.4 Å². The van der Waals surface area contributed by atoms with E-state index < -0.39 is 0 Å². The number of hydrogen-bond donors (Lipinski definition) is 1. The predicted molar refractivity (Wildman–Crippen MR) is 78.9 cm³/mol. The summed E-state index contributed by atoms with van der Waals surface area (Å²) in [5.41, 5.74) is 0.765. The fourth-order valence-electron chi connectivity index (χ4n) is 2.54. The van der Waals surface area contributed by atoms with Crippen LogP contribution in [-0.4, -0.2) is 16.7 Å². The molecular formula is C14H15Cl2N3O. The molecule has 4 nitrogen and oxygen atoms in total. The van der Waals surface area contributed by atoms with Crippen molar-refractivity contribution in [2.45, 2.75) is 25.8 Å². The van der Waals surface area contributed by atoms with Crippen LogP contribution in [0.15, 0.2) is 22.7 Å². The molecule has 1 aromatic heterocycles. The fraction of sp³-hybridized carbons (Fsp3) is 0.429. The number of piperidine rings is 1. The summed E-state index contributed by atoms with van der Waals surface area (Å²) in [4.78, 5) is 4.48. The molecule has 2 atom stereocenters. The summed E-state index contributed by atoms with van der Waals surface area (Å²) >= 11 is 12.0. The highest BCUT2D eigenvalue weighted by Crippen LogP contribution is 2.30. The first-order valence-electron chi connectivity index (χ1n) is 6.67. The van der Waals surface area contributed by atoms with Crippen molar-refractivity contribution in [3.8, 4) is 11.4 Å². The Hall–Kier alpha value is -1.10. The van der Waals surface area contributed by atoms with E-state index in [2.05, 4.69) is 22.4 Å². The van der Waals surface area contributed by atoms with E-state index in [1.54, 1.807) is 18.2 Å². The maximum Gasteiger partial charge on any atom is 0.244 e. The summed E-state index contributed by atoms with van der Waals surface area (Å²) in [6, 6.07) is 5.36. The number of rotatable bonds is 2. The molecule has 2 unspecified atom stereocenters. The summed E-state index contributed by atoms with van der Waals surface area (Å²) in [7, 11) is 0. The van der Waals surface area contributed by atoms with Gasteiger partial charge < -0.3 is 9.84 Å². The van der Waals surface area contributed by atoms with Crippen LogP contribution in [0.4, 0.5) is 0 Å². The van der Waals surface area contributed by atoms with Gasteiger partial charge in [-0.15, -0.1) is 0 Å². The van der Waals surface area contributed by atoms with Crippen molar-refractivity contribution in [1.82, 2.24) is 15.5 Å². The van der Waals surface area contributed by atoms with E-state index in [-0.39, 0.29) is 6.04 Å². The second-order valence-corrected chi connectivity index (χ2v) is 6.04. The number of halogens is 2. The van der Waals surface area contributed by atoms with E-state index in [1.165, 1.54) is 12.8 Å². The highest BCUT2D eigenvalue weighted by molar-refractivity contribution is 6.35. The average Bonchev–Trinajstić information content (AvgIpc) is 2.87. The normalized spacial score (nSPS) is 22.9. The molecule has 6 heteroatoms. The summed E-state index contributed by atoms with van der Waals surface area (Å²) in [5, 5.41) is 8.58. The lowest BCUT2D eigenvalue weighted by atomic mass is 9.93. The molecule has 1 aliphatic rings. The predicted octanol–water partition coefficient (Wildman–Crippen LogP) is 4.10. The minimum absolute atomic E-state index is 0.125. The Kier molecular flexibility index (Phi) is 3.96. The third-order valence-electron chi connectivity index (χ3n) is 3.60. The average molecular weight is 312 g/mol. The van der Waals surface area contributed by atoms with Crippen LogP contribution in [0.2, 0.25) is 10.0 Å². The third-order valence-corrected chi connectivity index (χ3v) is 4.03. The fourth-order valence-corrected chi connectivity index (χ4v) is 3.07. The largest absolute Gasteiger partial charge is 0.337 e. The van der Waals surface area contributed by atoms with Crippen LogP contribution in [0.1, 0.15) is 31.7 Å². The van der Waals surface area contributed by atoms with Crippen molar-refractivity contribution in [3.05, 3.63) is 34.1 Å². The monoisotopic (exact) mass is 311 g/mol. The first kappa shape index (κ1) is 13.9. The second-order valence-electron chi connectivity index (χ2n) is 5.17. The number of nitrogens with one attached hydrogen (secondary N) is 1. The van der Waals surface area contributed by atoms with Crippen LogP contribution < -0.4 is 5.32 Å². The van der Waals surface area contributed by atoms with Gasteiger partial charge in [0.1, 0.15) is 0 Å². The van der Waals surface area contributed by atoms with Gasteiger partial charge in [-0.3, -0.25) is 0 Å². The van der Waals surface area contributed by atoms with Gasteiger partial charge in [-0.2, -0.15) is 4.98 Å². The molecule has 0 bridgehead atoms. The highest BCUT2D eigenvalue weighted by Gasteiger charge is 2.27. The molecule has 0 amide bonds. The Bertz CT molecular complexity index is 594. The molecular weight excluding hydrogens is 297 g/mol. The lowest BCUT2D eigenvalue weighted by molar-refractivity contribution is 0.239. The topological polar surface area (TPSA) is 51.0 Å². The van der Waals surface area contributed by atoms with Crippen LogP contribution in [0.3, 0.4) is 0 Å². The van der Waals surface area contributed by atoms with Gasteiger partial charge in [-0.05, 0) is 43.5 Å². The molecule has 3 rings (SSSR count). The van der Waals surface area contributed by atoms with Crippen LogP contribution >= 0.6 is 23.2 Å². The van der Waals surface area contributed by atoms with Crippen LogP contribution in [0.5, 0.6) is 0 Å². The number of aromatic nitrogens is 2. The van der Waals surface area contributed by atoms with Gasteiger partial charge in [0.25, 0.3) is 0 Å². The first-order valence-corrected chi connectivity index (χ1v) is 7.42. The lowest BCUT2D eigenvalue weighted by Gasteiger charge is -2.26. The first-order chi connectivity index (χ1) is 9.63. The van der Waals surface area contributed by atoms with E-state index >= 15 is 0 Å². The molecule has 1 fully saturated rings.